The van der Waals surface area contributed by atoms with Crippen LogP contribution in [-0.4, -0.2) is 81.6 Å². The molecule has 0 aromatic rings. The predicted molar refractivity (Wildman–Crippen MR) is 85.9 cm³/mol. The minimum absolute atomic E-state index is 0.120. The van der Waals surface area contributed by atoms with Gasteiger partial charge in [-0.05, 0) is 6.92 Å². The first-order valence-corrected chi connectivity index (χ1v) is 9.09. The molecule has 2 heterocycles. The number of carbonyl (C=O) groups excluding carboxylic acids is 1. The number of urea groups is 1. The highest BCUT2D eigenvalue weighted by Crippen LogP contribution is 2.44. The summed E-state index contributed by atoms with van der Waals surface area (Å²) >= 11 is 0. The van der Waals surface area contributed by atoms with E-state index in [1.54, 1.807) is 17.1 Å². The number of guanidine groups is 1. The lowest BCUT2D eigenvalue weighted by Gasteiger charge is -2.49. The molecule has 1 atom stereocenters. The fourth-order valence-electron chi connectivity index (χ4n) is 2.14. The highest BCUT2D eigenvalue weighted by atomic mass is 32.3. The summed E-state index contributed by atoms with van der Waals surface area (Å²) in [7, 11) is -2.60. The Hall–Kier alpha value is -1.53. The average Bonchev–Trinajstić information content (AvgIpc) is 2.34. The number of aliphatic imine (C=N–C) groups is 2. The highest BCUT2D eigenvalue weighted by molar-refractivity contribution is 8.24. The lowest BCUT2D eigenvalue weighted by molar-refractivity contribution is -0.122. The van der Waals surface area contributed by atoms with Crippen LogP contribution in [0, 0.1) is 0 Å². The summed E-state index contributed by atoms with van der Waals surface area (Å²) in [6, 6.07) is -0.955. The Morgan fingerprint density at radius 3 is 2.58 bits per heavy atom. The molecule has 0 radical (unpaired) electrons. The van der Waals surface area contributed by atoms with Gasteiger partial charge in [0.15, 0.2) is 0 Å². The summed E-state index contributed by atoms with van der Waals surface area (Å²) < 4.78 is 55.3. The molecule has 1 unspecified atom stereocenters. The second-order valence-electron chi connectivity index (χ2n) is 6.14. The largest absolute Gasteiger partial charge is 0.405 e. The van der Waals surface area contributed by atoms with Gasteiger partial charge in [0.1, 0.15) is 6.54 Å². The smallest absolute Gasteiger partial charge is 0.337 e. The maximum Gasteiger partial charge on any atom is 0.405 e. The molecule has 0 saturated carbocycles. The number of hydrogen-bond acceptors (Lipinski definition) is 6. The van der Waals surface area contributed by atoms with Crippen LogP contribution in [0.5, 0.6) is 0 Å². The van der Waals surface area contributed by atoms with Gasteiger partial charge < -0.3 is 15.5 Å². The van der Waals surface area contributed by atoms with Crippen LogP contribution in [-0.2, 0) is 0 Å². The molecule has 12 heteroatoms. The van der Waals surface area contributed by atoms with Gasteiger partial charge in [0.25, 0.3) is 0 Å². The van der Waals surface area contributed by atoms with Gasteiger partial charge in [-0.3, -0.25) is 9.11 Å². The molecule has 0 aromatic carbocycles. The van der Waals surface area contributed by atoms with Crippen LogP contribution >= 0.6 is 10.6 Å². The number of rotatable bonds is 3. The maximum atomic E-state index is 12.1. The molecule has 1 saturated heterocycles. The van der Waals surface area contributed by atoms with Crippen molar-refractivity contribution in [1.82, 2.24) is 15.5 Å². The summed E-state index contributed by atoms with van der Waals surface area (Å²) in [6.07, 6.45) is -1.67. The fourth-order valence-corrected chi connectivity index (χ4v) is 3.06. The van der Waals surface area contributed by atoms with Gasteiger partial charge in [-0.15, -0.1) is 0 Å². The summed E-state index contributed by atoms with van der Waals surface area (Å²) in [5, 5.41) is 3.89. The fraction of sp³-hybridized carbons (Fsp3) is 0.750. The lowest BCUT2D eigenvalue weighted by atomic mass is 10.0. The maximum absolute atomic E-state index is 12.1. The number of amides is 2. The normalized spacial score (nSPS) is 25.8. The van der Waals surface area contributed by atoms with E-state index < -0.39 is 34.9 Å². The Labute approximate surface area is 138 Å². The summed E-state index contributed by atoms with van der Waals surface area (Å²) in [6.45, 7) is 1.13. The third-order valence-corrected chi connectivity index (χ3v) is 5.19. The number of alkyl halides is 3. The number of carbonyl (C=O) groups is 1. The van der Waals surface area contributed by atoms with Gasteiger partial charge in [0.05, 0.1) is 17.3 Å². The van der Waals surface area contributed by atoms with E-state index in [9.17, 15) is 27.1 Å². The Kier molecular flexibility index (Phi) is 5.02. The Morgan fingerprint density at radius 2 is 2.12 bits per heavy atom. The molecule has 1 fully saturated rings. The van der Waals surface area contributed by atoms with Crippen molar-refractivity contribution in [2.45, 2.75) is 23.9 Å². The number of nitrogens with zero attached hydrogens (tertiary/aromatic N) is 3. The van der Waals surface area contributed by atoms with Crippen molar-refractivity contribution in [3.05, 3.63) is 0 Å². The zero-order chi connectivity index (χ0) is 18.2. The van der Waals surface area contributed by atoms with Gasteiger partial charge >= 0.3 is 12.2 Å². The topological polar surface area (TPSA) is 110 Å². The standard InChI is InChI=1S/C12H20F3N5O3S/c1-11(19-10(21)18-7-12(13,14)15)5-16-9(17-6-11)20-3-8(4-20)24(2,22)23/h5,8,22-23H,3-4,6-7H2,1-2H3,(H2,18,19,21). The summed E-state index contributed by atoms with van der Waals surface area (Å²) in [5.41, 5.74) is -0.989. The summed E-state index contributed by atoms with van der Waals surface area (Å²) in [4.78, 5) is 21.6. The Morgan fingerprint density at radius 1 is 1.50 bits per heavy atom. The van der Waals surface area contributed by atoms with Crippen molar-refractivity contribution in [1.29, 1.82) is 0 Å². The zero-order valence-corrected chi connectivity index (χ0v) is 14.0. The van der Waals surface area contributed by atoms with Crippen LogP contribution < -0.4 is 10.6 Å². The molecular weight excluding hydrogens is 351 g/mol. The monoisotopic (exact) mass is 371 g/mol. The van der Waals surface area contributed by atoms with E-state index in [0.29, 0.717) is 19.0 Å². The number of halogens is 3. The molecule has 2 rings (SSSR count). The first kappa shape index (κ1) is 18.8. The molecule has 138 valence electrons. The van der Waals surface area contributed by atoms with Gasteiger partial charge in [-0.25, -0.2) is 14.8 Å². The van der Waals surface area contributed by atoms with Crippen LogP contribution in [0.15, 0.2) is 9.98 Å². The predicted octanol–water partition coefficient (Wildman–Crippen LogP) is 1.11. The first-order chi connectivity index (χ1) is 10.9. The quantitative estimate of drug-likeness (QED) is 0.596. The van der Waals surface area contributed by atoms with E-state index in [0.717, 1.165) is 0 Å². The van der Waals surface area contributed by atoms with Crippen molar-refractivity contribution in [3.8, 4) is 0 Å². The Bertz CT molecular complexity index is 557. The third kappa shape index (κ3) is 4.98. The van der Waals surface area contributed by atoms with Gasteiger partial charge in [-0.2, -0.15) is 23.8 Å². The first-order valence-electron chi connectivity index (χ1n) is 7.07. The molecule has 0 aromatic heterocycles. The number of hydrogen-bond donors (Lipinski definition) is 4. The lowest BCUT2D eigenvalue weighted by Crippen LogP contribution is -2.58. The Balaban J connectivity index is 1.82. The molecule has 2 aliphatic rings. The summed E-state index contributed by atoms with van der Waals surface area (Å²) in [5.74, 6) is 0.407. The van der Waals surface area contributed by atoms with Gasteiger partial charge in [0, 0.05) is 25.6 Å². The van der Waals surface area contributed by atoms with Crippen LogP contribution in [0.4, 0.5) is 18.0 Å². The van der Waals surface area contributed by atoms with Crippen LogP contribution in [0.3, 0.4) is 0 Å². The molecule has 24 heavy (non-hydrogen) atoms. The third-order valence-electron chi connectivity index (χ3n) is 3.62. The molecule has 4 N–H and O–H groups in total. The van der Waals surface area contributed by atoms with E-state index in [1.165, 1.54) is 12.5 Å². The van der Waals surface area contributed by atoms with E-state index in [1.807, 2.05) is 0 Å². The van der Waals surface area contributed by atoms with Crippen LogP contribution in [0.25, 0.3) is 0 Å². The molecule has 0 spiro atoms. The second-order valence-corrected chi connectivity index (χ2v) is 8.59. The molecule has 0 aliphatic carbocycles. The van der Waals surface area contributed by atoms with Crippen molar-refractivity contribution in [2.75, 3.05) is 32.4 Å². The van der Waals surface area contributed by atoms with Crippen molar-refractivity contribution in [3.63, 3.8) is 0 Å². The molecule has 8 nitrogen and oxygen atoms in total. The van der Waals surface area contributed by atoms with E-state index >= 15 is 0 Å². The number of nitrogens with one attached hydrogen (secondary N) is 2. The van der Waals surface area contributed by atoms with Crippen LogP contribution in [0.1, 0.15) is 6.92 Å². The van der Waals surface area contributed by atoms with Gasteiger partial charge in [-0.1, -0.05) is 0 Å². The highest BCUT2D eigenvalue weighted by Gasteiger charge is 2.38. The van der Waals surface area contributed by atoms with Crippen molar-refractivity contribution >= 4 is 28.8 Å². The number of likely N-dealkylation sites (tertiary alicyclic amines) is 1. The van der Waals surface area contributed by atoms with Gasteiger partial charge in [0.2, 0.25) is 5.96 Å². The van der Waals surface area contributed by atoms with Crippen LogP contribution in [0.2, 0.25) is 0 Å². The SMILES string of the molecule is CC1(NC(=O)NCC(F)(F)F)C=NC(N2CC(S(C)(O)O)C2)=NC1. The second kappa shape index (κ2) is 6.41. The van der Waals surface area contributed by atoms with Crippen molar-refractivity contribution < 1.29 is 27.1 Å². The van der Waals surface area contributed by atoms with E-state index in [2.05, 4.69) is 15.3 Å². The van der Waals surface area contributed by atoms with E-state index in [4.69, 9.17) is 0 Å². The minimum atomic E-state index is -4.48. The average molecular weight is 371 g/mol. The zero-order valence-electron chi connectivity index (χ0n) is 13.2. The van der Waals surface area contributed by atoms with E-state index in [-0.39, 0.29) is 11.8 Å². The molecule has 2 amide bonds. The minimum Gasteiger partial charge on any atom is -0.337 e. The molecule has 0 bridgehead atoms. The van der Waals surface area contributed by atoms with Crippen molar-refractivity contribution in [2.24, 2.45) is 9.98 Å². The molecular formula is C12H20F3N5O3S. The molecule has 2 aliphatic heterocycles.